The van der Waals surface area contributed by atoms with Crippen molar-refractivity contribution in [3.8, 4) is 0 Å². The highest BCUT2D eigenvalue weighted by Gasteiger charge is 2.32. The van der Waals surface area contributed by atoms with E-state index in [-0.39, 0.29) is 0 Å². The zero-order valence-corrected chi connectivity index (χ0v) is 10.4. The summed E-state index contributed by atoms with van der Waals surface area (Å²) in [7, 11) is 2.09. The summed E-state index contributed by atoms with van der Waals surface area (Å²) in [6, 6.07) is 0. The fourth-order valence-electron chi connectivity index (χ4n) is 3.03. The maximum absolute atomic E-state index is 3.37. The van der Waals surface area contributed by atoms with E-state index in [0.29, 0.717) is 5.41 Å². The zero-order chi connectivity index (χ0) is 10.6. The molecule has 0 aromatic rings. The number of nitrogens with one attached hydrogen (secondary N) is 1. The lowest BCUT2D eigenvalue weighted by Gasteiger charge is -2.36. The molecule has 1 aliphatic carbocycles. The van der Waals surface area contributed by atoms with Crippen molar-refractivity contribution in [2.75, 3.05) is 13.6 Å². The SMILES string of the molecule is CNCC1CCCCCC1C(C)(C)C. The van der Waals surface area contributed by atoms with Crippen LogP contribution in [0.15, 0.2) is 0 Å². The van der Waals surface area contributed by atoms with E-state index in [1.165, 1.54) is 38.6 Å². The molecule has 1 N–H and O–H groups in total. The number of rotatable bonds is 2. The van der Waals surface area contributed by atoms with Gasteiger partial charge in [-0.15, -0.1) is 0 Å². The van der Waals surface area contributed by atoms with Gasteiger partial charge in [0.2, 0.25) is 0 Å². The van der Waals surface area contributed by atoms with Crippen LogP contribution < -0.4 is 5.32 Å². The highest BCUT2D eigenvalue weighted by Crippen LogP contribution is 2.40. The molecule has 84 valence electrons. The van der Waals surface area contributed by atoms with Crippen molar-refractivity contribution in [2.24, 2.45) is 17.3 Å². The minimum Gasteiger partial charge on any atom is -0.319 e. The van der Waals surface area contributed by atoms with Crippen LogP contribution in [-0.2, 0) is 0 Å². The van der Waals surface area contributed by atoms with Gasteiger partial charge in [0.15, 0.2) is 0 Å². The van der Waals surface area contributed by atoms with Crippen LogP contribution in [0.3, 0.4) is 0 Å². The zero-order valence-electron chi connectivity index (χ0n) is 10.4. The molecule has 0 spiro atoms. The average Bonchev–Trinajstić information content (AvgIpc) is 2.29. The first-order valence-electron chi connectivity index (χ1n) is 6.20. The third kappa shape index (κ3) is 3.27. The highest BCUT2D eigenvalue weighted by molar-refractivity contribution is 4.83. The van der Waals surface area contributed by atoms with Gasteiger partial charge in [-0.1, -0.05) is 40.0 Å². The third-order valence-electron chi connectivity index (χ3n) is 3.74. The first-order valence-corrected chi connectivity index (χ1v) is 6.20. The van der Waals surface area contributed by atoms with Crippen molar-refractivity contribution in [1.82, 2.24) is 5.32 Å². The van der Waals surface area contributed by atoms with Crippen LogP contribution in [0.1, 0.15) is 52.9 Å². The summed E-state index contributed by atoms with van der Waals surface area (Å²) in [6.07, 6.45) is 7.21. The molecular weight excluding hydrogens is 170 g/mol. The van der Waals surface area contributed by atoms with Gasteiger partial charge >= 0.3 is 0 Å². The lowest BCUT2D eigenvalue weighted by Crippen LogP contribution is -2.33. The molecule has 1 rings (SSSR count). The summed E-state index contributed by atoms with van der Waals surface area (Å²) in [5.41, 5.74) is 0.492. The molecule has 0 radical (unpaired) electrons. The molecule has 0 bridgehead atoms. The summed E-state index contributed by atoms with van der Waals surface area (Å²) in [6.45, 7) is 8.44. The normalized spacial score (nSPS) is 30.0. The first kappa shape index (κ1) is 12.0. The van der Waals surface area contributed by atoms with E-state index in [1.54, 1.807) is 0 Å². The second kappa shape index (κ2) is 5.16. The Morgan fingerprint density at radius 1 is 1.07 bits per heavy atom. The standard InChI is InChI=1S/C13H27N/c1-13(2,3)12-9-7-5-6-8-11(12)10-14-4/h11-12,14H,5-10H2,1-4H3. The third-order valence-corrected chi connectivity index (χ3v) is 3.74. The molecule has 2 atom stereocenters. The van der Waals surface area contributed by atoms with Gasteiger partial charge in [-0.3, -0.25) is 0 Å². The predicted molar refractivity (Wildman–Crippen MR) is 63.4 cm³/mol. The molecule has 0 aromatic heterocycles. The Balaban J connectivity index is 2.64. The van der Waals surface area contributed by atoms with E-state index in [1.807, 2.05) is 0 Å². The Bertz CT molecular complexity index is 157. The topological polar surface area (TPSA) is 12.0 Å². The predicted octanol–water partition coefficient (Wildman–Crippen LogP) is 3.45. The maximum Gasteiger partial charge on any atom is -0.00207 e. The van der Waals surface area contributed by atoms with Crippen LogP contribution in [0.2, 0.25) is 0 Å². The average molecular weight is 197 g/mol. The Morgan fingerprint density at radius 2 is 1.71 bits per heavy atom. The van der Waals surface area contributed by atoms with Crippen LogP contribution >= 0.6 is 0 Å². The van der Waals surface area contributed by atoms with E-state index in [2.05, 4.69) is 33.1 Å². The molecule has 0 amide bonds. The minimum atomic E-state index is 0.492. The van der Waals surface area contributed by atoms with E-state index >= 15 is 0 Å². The van der Waals surface area contributed by atoms with Crippen molar-refractivity contribution in [3.63, 3.8) is 0 Å². The van der Waals surface area contributed by atoms with E-state index in [9.17, 15) is 0 Å². The summed E-state index contributed by atoms with van der Waals surface area (Å²) in [5.74, 6) is 1.82. The van der Waals surface area contributed by atoms with E-state index in [0.717, 1.165) is 11.8 Å². The van der Waals surface area contributed by atoms with Gasteiger partial charge in [-0.25, -0.2) is 0 Å². The monoisotopic (exact) mass is 197 g/mol. The number of hydrogen-bond acceptors (Lipinski definition) is 1. The second-order valence-corrected chi connectivity index (χ2v) is 5.93. The molecule has 0 aromatic carbocycles. The van der Waals surface area contributed by atoms with Crippen LogP contribution in [0.4, 0.5) is 0 Å². The number of hydrogen-bond donors (Lipinski definition) is 1. The van der Waals surface area contributed by atoms with Crippen molar-refractivity contribution in [3.05, 3.63) is 0 Å². The van der Waals surface area contributed by atoms with Crippen molar-refractivity contribution in [1.29, 1.82) is 0 Å². The molecule has 1 fully saturated rings. The molecule has 0 saturated heterocycles. The maximum atomic E-state index is 3.37. The largest absolute Gasteiger partial charge is 0.319 e. The summed E-state index contributed by atoms with van der Waals surface area (Å²) in [4.78, 5) is 0. The van der Waals surface area contributed by atoms with Crippen molar-refractivity contribution in [2.45, 2.75) is 52.9 Å². The Hall–Kier alpha value is -0.0400. The molecule has 1 saturated carbocycles. The molecular formula is C13H27N. The first-order chi connectivity index (χ1) is 6.55. The molecule has 1 heteroatoms. The lowest BCUT2D eigenvalue weighted by atomic mass is 9.71. The van der Waals surface area contributed by atoms with Crippen LogP contribution in [0, 0.1) is 17.3 Å². The molecule has 2 unspecified atom stereocenters. The highest BCUT2D eigenvalue weighted by atomic mass is 14.8. The Labute approximate surface area is 89.7 Å². The molecule has 0 aliphatic heterocycles. The summed E-state index contributed by atoms with van der Waals surface area (Å²) < 4.78 is 0. The van der Waals surface area contributed by atoms with E-state index < -0.39 is 0 Å². The molecule has 0 heterocycles. The van der Waals surface area contributed by atoms with Gasteiger partial charge in [0.25, 0.3) is 0 Å². The van der Waals surface area contributed by atoms with E-state index in [4.69, 9.17) is 0 Å². The fraction of sp³-hybridized carbons (Fsp3) is 1.00. The van der Waals surface area contributed by atoms with Gasteiger partial charge in [-0.05, 0) is 43.7 Å². The van der Waals surface area contributed by atoms with Crippen molar-refractivity contribution >= 4 is 0 Å². The fourth-order valence-corrected chi connectivity index (χ4v) is 3.03. The van der Waals surface area contributed by atoms with Gasteiger partial charge in [-0.2, -0.15) is 0 Å². The Kier molecular flexibility index (Phi) is 4.43. The quantitative estimate of drug-likeness (QED) is 0.669. The van der Waals surface area contributed by atoms with Gasteiger partial charge < -0.3 is 5.32 Å². The van der Waals surface area contributed by atoms with Crippen LogP contribution in [-0.4, -0.2) is 13.6 Å². The van der Waals surface area contributed by atoms with Crippen LogP contribution in [0.5, 0.6) is 0 Å². The smallest absolute Gasteiger partial charge is 0.00207 e. The summed E-state index contributed by atoms with van der Waals surface area (Å²) in [5, 5.41) is 3.37. The minimum absolute atomic E-state index is 0.492. The second-order valence-electron chi connectivity index (χ2n) is 5.93. The lowest BCUT2D eigenvalue weighted by molar-refractivity contribution is 0.146. The van der Waals surface area contributed by atoms with Crippen molar-refractivity contribution < 1.29 is 0 Å². The van der Waals surface area contributed by atoms with Gasteiger partial charge in [0.1, 0.15) is 0 Å². The van der Waals surface area contributed by atoms with Gasteiger partial charge in [0.05, 0.1) is 0 Å². The summed E-state index contributed by atoms with van der Waals surface area (Å²) >= 11 is 0. The molecule has 14 heavy (non-hydrogen) atoms. The van der Waals surface area contributed by atoms with Gasteiger partial charge in [0, 0.05) is 0 Å². The Morgan fingerprint density at radius 3 is 2.29 bits per heavy atom. The molecule has 1 aliphatic rings. The molecule has 1 nitrogen and oxygen atoms in total. The van der Waals surface area contributed by atoms with Crippen LogP contribution in [0.25, 0.3) is 0 Å².